The van der Waals surface area contributed by atoms with Crippen molar-refractivity contribution in [2.75, 3.05) is 6.61 Å². The van der Waals surface area contributed by atoms with E-state index >= 15 is 0 Å². The van der Waals surface area contributed by atoms with Crippen LogP contribution in [0.3, 0.4) is 0 Å². The molecule has 1 fully saturated rings. The molecule has 0 radical (unpaired) electrons. The predicted molar refractivity (Wildman–Crippen MR) is 58.2 cm³/mol. The highest BCUT2D eigenvalue weighted by Gasteiger charge is 2.53. The minimum absolute atomic E-state index is 0.310. The molecule has 1 heteroatoms. The molecule has 1 aromatic carbocycles. The maximum atomic E-state index is 9.23. The summed E-state index contributed by atoms with van der Waals surface area (Å²) in [6, 6.07) is 10.6. The van der Waals surface area contributed by atoms with Gasteiger partial charge in [-0.25, -0.2) is 0 Å². The van der Waals surface area contributed by atoms with Crippen LogP contribution in [0, 0.1) is 5.92 Å². The second-order valence-corrected chi connectivity index (χ2v) is 4.36. The second kappa shape index (κ2) is 3.74. The zero-order chi connectivity index (χ0) is 10.0. The molecule has 0 aromatic heterocycles. The van der Waals surface area contributed by atoms with Crippen molar-refractivity contribution in [2.45, 2.75) is 31.6 Å². The lowest BCUT2D eigenvalue weighted by Gasteiger charge is -2.16. The van der Waals surface area contributed by atoms with E-state index < -0.39 is 0 Å². The number of rotatable bonds is 4. The van der Waals surface area contributed by atoms with Crippen LogP contribution in [0.15, 0.2) is 30.3 Å². The molecular formula is C13H18O. The van der Waals surface area contributed by atoms with Crippen LogP contribution < -0.4 is 0 Å². The summed E-state index contributed by atoms with van der Waals surface area (Å²) in [5.74, 6) is 0.504. The first-order valence-electron chi connectivity index (χ1n) is 5.50. The van der Waals surface area contributed by atoms with Gasteiger partial charge in [0, 0.05) is 12.0 Å². The Kier molecular flexibility index (Phi) is 2.60. The lowest BCUT2D eigenvalue weighted by Crippen LogP contribution is -2.11. The monoisotopic (exact) mass is 190 g/mol. The van der Waals surface area contributed by atoms with Gasteiger partial charge in [-0.2, -0.15) is 0 Å². The molecule has 0 amide bonds. The molecule has 0 heterocycles. The number of hydrogen-bond acceptors (Lipinski definition) is 1. The molecule has 0 saturated heterocycles. The van der Waals surface area contributed by atoms with Gasteiger partial charge in [0.15, 0.2) is 0 Å². The van der Waals surface area contributed by atoms with Gasteiger partial charge in [0.1, 0.15) is 0 Å². The predicted octanol–water partition coefficient (Wildman–Crippen LogP) is 2.74. The fraction of sp³-hybridized carbons (Fsp3) is 0.538. The zero-order valence-corrected chi connectivity index (χ0v) is 8.74. The number of benzene rings is 1. The van der Waals surface area contributed by atoms with Crippen LogP contribution in [0.2, 0.25) is 0 Å². The summed E-state index contributed by atoms with van der Waals surface area (Å²) >= 11 is 0. The maximum Gasteiger partial charge on any atom is 0.0468 e. The van der Waals surface area contributed by atoms with Gasteiger partial charge in [-0.05, 0) is 24.3 Å². The Labute approximate surface area is 85.8 Å². The summed E-state index contributed by atoms with van der Waals surface area (Å²) in [4.78, 5) is 0. The van der Waals surface area contributed by atoms with E-state index in [1.54, 1.807) is 0 Å². The Morgan fingerprint density at radius 1 is 1.36 bits per heavy atom. The van der Waals surface area contributed by atoms with Gasteiger partial charge in [0.05, 0.1) is 0 Å². The van der Waals surface area contributed by atoms with E-state index in [4.69, 9.17) is 0 Å². The zero-order valence-electron chi connectivity index (χ0n) is 8.74. The van der Waals surface area contributed by atoms with Gasteiger partial charge in [-0.15, -0.1) is 0 Å². The van der Waals surface area contributed by atoms with Gasteiger partial charge in [0.25, 0.3) is 0 Å². The molecule has 0 aliphatic heterocycles. The first kappa shape index (κ1) is 9.72. The molecule has 2 unspecified atom stereocenters. The van der Waals surface area contributed by atoms with Crippen LogP contribution in [-0.4, -0.2) is 11.7 Å². The highest BCUT2D eigenvalue weighted by atomic mass is 16.3. The lowest BCUT2D eigenvalue weighted by molar-refractivity contribution is 0.261. The van der Waals surface area contributed by atoms with Gasteiger partial charge in [-0.1, -0.05) is 43.7 Å². The molecule has 1 aliphatic rings. The SMILES string of the molecule is CCCC1(c2ccccc2)CC1CO. The van der Waals surface area contributed by atoms with Crippen LogP contribution in [0.4, 0.5) is 0 Å². The van der Waals surface area contributed by atoms with Crippen molar-refractivity contribution in [3.05, 3.63) is 35.9 Å². The molecule has 1 saturated carbocycles. The van der Waals surface area contributed by atoms with E-state index in [1.165, 1.54) is 24.8 Å². The third kappa shape index (κ3) is 1.46. The highest BCUT2D eigenvalue weighted by molar-refractivity contribution is 5.33. The Morgan fingerprint density at radius 3 is 2.57 bits per heavy atom. The molecule has 76 valence electrons. The van der Waals surface area contributed by atoms with Crippen molar-refractivity contribution in [1.82, 2.24) is 0 Å². The van der Waals surface area contributed by atoms with Crippen molar-refractivity contribution >= 4 is 0 Å². The Hall–Kier alpha value is -0.820. The van der Waals surface area contributed by atoms with E-state index in [2.05, 4.69) is 37.3 Å². The van der Waals surface area contributed by atoms with E-state index in [1.807, 2.05) is 0 Å². The topological polar surface area (TPSA) is 20.2 Å². The van der Waals surface area contributed by atoms with Gasteiger partial charge in [0.2, 0.25) is 0 Å². The summed E-state index contributed by atoms with van der Waals surface area (Å²) in [6.07, 6.45) is 3.58. The summed E-state index contributed by atoms with van der Waals surface area (Å²) in [5.41, 5.74) is 1.73. The third-order valence-electron chi connectivity index (χ3n) is 3.50. The molecule has 2 rings (SSSR count). The molecule has 0 bridgehead atoms. The molecule has 1 aromatic rings. The van der Waals surface area contributed by atoms with Crippen LogP contribution in [0.25, 0.3) is 0 Å². The van der Waals surface area contributed by atoms with E-state index in [0.717, 1.165) is 0 Å². The first-order valence-corrected chi connectivity index (χ1v) is 5.50. The minimum Gasteiger partial charge on any atom is -0.396 e. The highest BCUT2D eigenvalue weighted by Crippen LogP contribution is 2.56. The number of aliphatic hydroxyl groups is 1. The molecular weight excluding hydrogens is 172 g/mol. The summed E-state index contributed by atoms with van der Waals surface area (Å²) in [6.45, 7) is 2.56. The van der Waals surface area contributed by atoms with Crippen molar-refractivity contribution in [2.24, 2.45) is 5.92 Å². The van der Waals surface area contributed by atoms with E-state index in [9.17, 15) is 5.11 Å². The van der Waals surface area contributed by atoms with E-state index in [0.29, 0.717) is 17.9 Å². The molecule has 14 heavy (non-hydrogen) atoms. The first-order chi connectivity index (χ1) is 6.83. The maximum absolute atomic E-state index is 9.23. The summed E-state index contributed by atoms with van der Waals surface area (Å²) in [5, 5.41) is 9.23. The third-order valence-corrected chi connectivity index (χ3v) is 3.50. The number of hydrogen-bond donors (Lipinski definition) is 1. The molecule has 2 atom stereocenters. The fourth-order valence-corrected chi connectivity index (χ4v) is 2.64. The average molecular weight is 190 g/mol. The summed E-state index contributed by atoms with van der Waals surface area (Å²) in [7, 11) is 0. The molecule has 0 spiro atoms. The quantitative estimate of drug-likeness (QED) is 0.774. The smallest absolute Gasteiger partial charge is 0.0468 e. The molecule has 1 N–H and O–H groups in total. The largest absolute Gasteiger partial charge is 0.396 e. The normalized spacial score (nSPS) is 30.3. The fourth-order valence-electron chi connectivity index (χ4n) is 2.64. The van der Waals surface area contributed by atoms with Crippen molar-refractivity contribution in [1.29, 1.82) is 0 Å². The summed E-state index contributed by atoms with van der Waals surface area (Å²) < 4.78 is 0. The average Bonchev–Trinajstić information content (AvgIpc) is 2.95. The van der Waals surface area contributed by atoms with Gasteiger partial charge >= 0.3 is 0 Å². The van der Waals surface area contributed by atoms with Crippen molar-refractivity contribution < 1.29 is 5.11 Å². The van der Waals surface area contributed by atoms with Crippen LogP contribution in [-0.2, 0) is 5.41 Å². The van der Waals surface area contributed by atoms with Crippen LogP contribution in [0.1, 0.15) is 31.7 Å². The van der Waals surface area contributed by atoms with Crippen molar-refractivity contribution in [3.8, 4) is 0 Å². The van der Waals surface area contributed by atoms with Crippen molar-refractivity contribution in [3.63, 3.8) is 0 Å². The number of aliphatic hydroxyl groups excluding tert-OH is 1. The lowest BCUT2D eigenvalue weighted by atomic mass is 9.89. The molecule has 1 aliphatic carbocycles. The standard InChI is InChI=1S/C13H18O/c1-2-8-13(9-12(13)10-14)11-6-4-3-5-7-11/h3-7,12,14H,2,8-10H2,1H3. The van der Waals surface area contributed by atoms with Crippen LogP contribution >= 0.6 is 0 Å². The molecule has 1 nitrogen and oxygen atoms in total. The minimum atomic E-state index is 0.310. The Balaban J connectivity index is 2.22. The van der Waals surface area contributed by atoms with Gasteiger partial charge in [-0.3, -0.25) is 0 Å². The second-order valence-electron chi connectivity index (χ2n) is 4.36. The van der Waals surface area contributed by atoms with Crippen LogP contribution in [0.5, 0.6) is 0 Å². The van der Waals surface area contributed by atoms with E-state index in [-0.39, 0.29) is 0 Å². The van der Waals surface area contributed by atoms with Gasteiger partial charge < -0.3 is 5.11 Å². The Morgan fingerprint density at radius 2 is 2.07 bits per heavy atom. The Bertz CT molecular complexity index is 293.